The molecule has 4 nitrogen and oxygen atoms in total. The first-order valence-electron chi connectivity index (χ1n) is 9.43. The van der Waals surface area contributed by atoms with Crippen molar-refractivity contribution in [3.63, 3.8) is 0 Å². The van der Waals surface area contributed by atoms with Crippen LogP contribution in [0.2, 0.25) is 0 Å². The zero-order chi connectivity index (χ0) is 16.8. The van der Waals surface area contributed by atoms with E-state index in [1.165, 1.54) is 51.7 Å². The molecule has 0 saturated carbocycles. The van der Waals surface area contributed by atoms with E-state index < -0.39 is 0 Å². The van der Waals surface area contributed by atoms with Gasteiger partial charge in [0.15, 0.2) is 0 Å². The smallest absolute Gasteiger partial charge is 0.233 e. The molecule has 0 aromatic carbocycles. The summed E-state index contributed by atoms with van der Waals surface area (Å²) < 4.78 is 0. The van der Waals surface area contributed by atoms with Crippen LogP contribution in [0.4, 0.5) is 0 Å². The third-order valence-electron chi connectivity index (χ3n) is 4.32. The molecule has 0 aromatic rings. The zero-order valence-electron chi connectivity index (χ0n) is 15.7. The lowest BCUT2D eigenvalue weighted by molar-refractivity contribution is -0.122. The molecule has 0 radical (unpaired) electrons. The highest BCUT2D eigenvalue weighted by Gasteiger charge is 2.22. The number of rotatable bonds is 4. The fourth-order valence-electron chi connectivity index (χ4n) is 3.12. The van der Waals surface area contributed by atoms with Crippen molar-refractivity contribution in [1.82, 2.24) is 15.1 Å². The van der Waals surface area contributed by atoms with Crippen LogP contribution in [0.1, 0.15) is 59.8 Å². The molecule has 2 rings (SSSR count). The number of likely N-dealkylation sites (N-methyl/N-ethyl adjacent to an activating group) is 1. The summed E-state index contributed by atoms with van der Waals surface area (Å²) in [6.45, 7) is 14.6. The standard InChI is InChI=1S/C14H27N3O.2C2H6/c1-15-14(18)12-17-9-5-13(6-10-17)11-16-7-3-2-4-8-16;2*1-2/h13H,2-12H2,1H3,(H,15,18);2*1-2H3. The lowest BCUT2D eigenvalue weighted by Gasteiger charge is -2.35. The number of hydrogen-bond donors (Lipinski definition) is 1. The molecule has 4 heteroatoms. The quantitative estimate of drug-likeness (QED) is 0.866. The second-order valence-corrected chi connectivity index (χ2v) is 5.75. The van der Waals surface area contributed by atoms with Crippen LogP contribution in [0, 0.1) is 5.92 Å². The van der Waals surface area contributed by atoms with Crippen molar-refractivity contribution >= 4 is 5.91 Å². The average Bonchev–Trinajstić information content (AvgIpc) is 2.61. The Labute approximate surface area is 138 Å². The molecular formula is C18H39N3O. The van der Waals surface area contributed by atoms with Gasteiger partial charge < -0.3 is 10.2 Å². The van der Waals surface area contributed by atoms with E-state index in [-0.39, 0.29) is 5.91 Å². The van der Waals surface area contributed by atoms with Crippen LogP contribution in [0.3, 0.4) is 0 Å². The van der Waals surface area contributed by atoms with Gasteiger partial charge in [0, 0.05) is 13.6 Å². The summed E-state index contributed by atoms with van der Waals surface area (Å²) >= 11 is 0. The molecule has 2 fully saturated rings. The van der Waals surface area contributed by atoms with Crippen molar-refractivity contribution in [2.75, 3.05) is 46.3 Å². The van der Waals surface area contributed by atoms with Gasteiger partial charge in [0.2, 0.25) is 5.91 Å². The van der Waals surface area contributed by atoms with Crippen LogP contribution < -0.4 is 5.32 Å². The molecule has 2 saturated heterocycles. The van der Waals surface area contributed by atoms with E-state index >= 15 is 0 Å². The Bertz CT molecular complexity index is 257. The van der Waals surface area contributed by atoms with Gasteiger partial charge in [-0.15, -0.1) is 0 Å². The van der Waals surface area contributed by atoms with Crippen LogP contribution in [-0.2, 0) is 4.79 Å². The normalized spacial score (nSPS) is 20.2. The number of piperidine rings is 2. The maximum Gasteiger partial charge on any atom is 0.233 e. The highest BCUT2D eigenvalue weighted by Crippen LogP contribution is 2.20. The van der Waals surface area contributed by atoms with Crippen LogP contribution in [0.5, 0.6) is 0 Å². The Morgan fingerprint density at radius 1 is 0.909 bits per heavy atom. The Balaban J connectivity index is 0.00000102. The maximum absolute atomic E-state index is 11.3. The minimum Gasteiger partial charge on any atom is -0.358 e. The second-order valence-electron chi connectivity index (χ2n) is 5.75. The number of amides is 1. The molecule has 0 spiro atoms. The molecule has 2 aliphatic heterocycles. The molecule has 22 heavy (non-hydrogen) atoms. The molecule has 0 aliphatic carbocycles. The first-order valence-corrected chi connectivity index (χ1v) is 9.43. The van der Waals surface area contributed by atoms with Crippen LogP contribution in [0.15, 0.2) is 0 Å². The third-order valence-corrected chi connectivity index (χ3v) is 4.32. The van der Waals surface area contributed by atoms with Crippen molar-refractivity contribution in [2.45, 2.75) is 59.8 Å². The van der Waals surface area contributed by atoms with E-state index in [0.717, 1.165) is 19.0 Å². The predicted molar refractivity (Wildman–Crippen MR) is 96.2 cm³/mol. The van der Waals surface area contributed by atoms with Gasteiger partial charge in [0.1, 0.15) is 0 Å². The van der Waals surface area contributed by atoms with Gasteiger partial charge in [-0.05, 0) is 57.8 Å². The summed E-state index contributed by atoms with van der Waals surface area (Å²) in [6, 6.07) is 0. The molecule has 0 aromatic heterocycles. The molecule has 2 heterocycles. The average molecular weight is 314 g/mol. The summed E-state index contributed by atoms with van der Waals surface area (Å²) in [5.41, 5.74) is 0. The maximum atomic E-state index is 11.3. The van der Waals surface area contributed by atoms with E-state index in [9.17, 15) is 4.79 Å². The van der Waals surface area contributed by atoms with Crippen molar-refractivity contribution in [3.8, 4) is 0 Å². The molecule has 0 unspecified atom stereocenters. The Hall–Kier alpha value is -0.610. The minimum absolute atomic E-state index is 0.143. The first kappa shape index (κ1) is 21.4. The van der Waals surface area contributed by atoms with Gasteiger partial charge in [0.05, 0.1) is 6.54 Å². The summed E-state index contributed by atoms with van der Waals surface area (Å²) in [7, 11) is 1.71. The van der Waals surface area contributed by atoms with E-state index in [0.29, 0.717) is 6.54 Å². The molecule has 0 bridgehead atoms. The van der Waals surface area contributed by atoms with E-state index in [2.05, 4.69) is 15.1 Å². The zero-order valence-corrected chi connectivity index (χ0v) is 15.7. The van der Waals surface area contributed by atoms with Crippen molar-refractivity contribution in [3.05, 3.63) is 0 Å². The summed E-state index contributed by atoms with van der Waals surface area (Å²) in [5.74, 6) is 0.994. The van der Waals surface area contributed by atoms with Gasteiger partial charge >= 0.3 is 0 Å². The number of nitrogens with zero attached hydrogens (tertiary/aromatic N) is 2. The highest BCUT2D eigenvalue weighted by atomic mass is 16.1. The molecule has 132 valence electrons. The number of hydrogen-bond acceptors (Lipinski definition) is 3. The molecule has 1 N–H and O–H groups in total. The minimum atomic E-state index is 0.143. The SMILES string of the molecule is CC.CC.CNC(=O)CN1CCC(CN2CCCCC2)CC1. The molecular weight excluding hydrogens is 274 g/mol. The summed E-state index contributed by atoms with van der Waals surface area (Å²) in [5, 5.41) is 2.70. The molecule has 1 amide bonds. The van der Waals surface area contributed by atoms with Gasteiger partial charge in [-0.25, -0.2) is 0 Å². The number of likely N-dealkylation sites (tertiary alicyclic amines) is 2. The predicted octanol–water partition coefficient (Wildman–Crippen LogP) is 2.98. The monoisotopic (exact) mass is 313 g/mol. The lowest BCUT2D eigenvalue weighted by atomic mass is 9.95. The van der Waals surface area contributed by atoms with Crippen molar-refractivity contribution in [2.24, 2.45) is 5.92 Å². The van der Waals surface area contributed by atoms with Crippen LogP contribution >= 0.6 is 0 Å². The summed E-state index contributed by atoms with van der Waals surface area (Å²) in [6.07, 6.45) is 6.70. The number of nitrogens with one attached hydrogen (secondary N) is 1. The lowest BCUT2D eigenvalue weighted by Crippen LogP contribution is -2.43. The van der Waals surface area contributed by atoms with Crippen LogP contribution in [-0.4, -0.2) is 62.0 Å². The second kappa shape index (κ2) is 14.0. The fraction of sp³-hybridized carbons (Fsp3) is 0.944. The van der Waals surface area contributed by atoms with Gasteiger partial charge in [0.25, 0.3) is 0 Å². The Morgan fingerprint density at radius 2 is 1.45 bits per heavy atom. The van der Waals surface area contributed by atoms with E-state index in [4.69, 9.17) is 0 Å². The fourth-order valence-corrected chi connectivity index (χ4v) is 3.12. The van der Waals surface area contributed by atoms with Crippen molar-refractivity contribution < 1.29 is 4.79 Å². The Morgan fingerprint density at radius 3 is 1.95 bits per heavy atom. The van der Waals surface area contributed by atoms with Gasteiger partial charge in [-0.3, -0.25) is 9.69 Å². The van der Waals surface area contributed by atoms with Crippen molar-refractivity contribution in [1.29, 1.82) is 0 Å². The highest BCUT2D eigenvalue weighted by molar-refractivity contribution is 5.77. The molecule has 2 aliphatic rings. The number of carbonyl (C=O) groups excluding carboxylic acids is 1. The summed E-state index contributed by atoms with van der Waals surface area (Å²) in [4.78, 5) is 16.2. The van der Waals surface area contributed by atoms with Gasteiger partial charge in [-0.2, -0.15) is 0 Å². The topological polar surface area (TPSA) is 35.6 Å². The third kappa shape index (κ3) is 8.74. The van der Waals surface area contributed by atoms with E-state index in [1.807, 2.05) is 27.7 Å². The largest absolute Gasteiger partial charge is 0.358 e. The van der Waals surface area contributed by atoms with Crippen LogP contribution in [0.25, 0.3) is 0 Å². The van der Waals surface area contributed by atoms with E-state index in [1.54, 1.807) is 7.05 Å². The molecule has 0 atom stereocenters. The number of carbonyl (C=O) groups is 1. The Kier molecular flexibility index (Phi) is 13.6. The first-order chi connectivity index (χ1) is 10.8. The van der Waals surface area contributed by atoms with Gasteiger partial charge in [-0.1, -0.05) is 34.1 Å².